The van der Waals surface area contributed by atoms with E-state index < -0.39 is 30.7 Å². The first-order valence-electron chi connectivity index (χ1n) is 8.48. The Morgan fingerprint density at radius 3 is 2.41 bits per heavy atom. The molecule has 0 spiro atoms. The van der Waals surface area contributed by atoms with E-state index in [4.69, 9.17) is 5.11 Å². The van der Waals surface area contributed by atoms with Gasteiger partial charge in [0.15, 0.2) is 11.6 Å². The predicted octanol–water partition coefficient (Wildman–Crippen LogP) is -0.926. The highest BCUT2D eigenvalue weighted by Crippen LogP contribution is 2.10. The zero-order chi connectivity index (χ0) is 20.7. The number of hydrogen-bond donors (Lipinski definition) is 8. The maximum Gasteiger partial charge on any atom is 0.177 e. The van der Waals surface area contributed by atoms with E-state index in [9.17, 15) is 24.9 Å². The van der Waals surface area contributed by atoms with Gasteiger partial charge < -0.3 is 25.7 Å². The third kappa shape index (κ3) is 12.6. The molecule has 8 nitrogen and oxygen atoms in total. The first-order chi connectivity index (χ1) is 12.9. The van der Waals surface area contributed by atoms with Crippen molar-refractivity contribution in [1.82, 2.24) is 10.6 Å². The van der Waals surface area contributed by atoms with Crippen molar-refractivity contribution in [3.8, 4) is 0 Å². The van der Waals surface area contributed by atoms with E-state index in [1.807, 2.05) is 0 Å². The minimum Gasteiger partial charge on any atom is -0.394 e. The van der Waals surface area contributed by atoms with Crippen molar-refractivity contribution >= 4 is 58.4 Å². The van der Waals surface area contributed by atoms with Crippen molar-refractivity contribution < 1.29 is 30.0 Å². The van der Waals surface area contributed by atoms with Gasteiger partial charge in [0, 0.05) is 5.08 Å². The standard InChI is InChI=1S/C15H30N2O6S4/c18-6-12(20)15(23)14(22)11(19)5-16-4-2-1-3-10(17-8-27-25)13(21)7-26-9-24/h10,12,14-18,20,22-25H,1-9H2. The molecule has 0 amide bonds. The topological polar surface area (TPSA) is 139 Å². The minimum atomic E-state index is -1.76. The number of unbranched alkanes of at least 4 members (excludes halogenated alkanes) is 1. The van der Waals surface area contributed by atoms with Gasteiger partial charge in [-0.1, -0.05) is 17.2 Å². The molecular weight excluding hydrogens is 432 g/mol. The molecule has 0 aliphatic heterocycles. The van der Waals surface area contributed by atoms with Crippen LogP contribution in [0.3, 0.4) is 0 Å². The molecule has 0 bridgehead atoms. The average molecular weight is 463 g/mol. The molecule has 0 rings (SSSR count). The zero-order valence-electron chi connectivity index (χ0n) is 15.0. The zero-order valence-corrected chi connectivity index (χ0v) is 18.4. The summed E-state index contributed by atoms with van der Waals surface area (Å²) >= 11 is 9.60. The number of nitrogens with one attached hydrogen (secondary N) is 2. The van der Waals surface area contributed by atoms with Crippen LogP contribution in [0.2, 0.25) is 0 Å². The molecule has 0 saturated carbocycles. The monoisotopic (exact) mass is 462 g/mol. The Bertz CT molecular complexity index is 422. The lowest BCUT2D eigenvalue weighted by Gasteiger charge is -2.20. The number of rotatable bonds is 18. The summed E-state index contributed by atoms with van der Waals surface area (Å²) < 4.78 is 0. The molecule has 0 aromatic heterocycles. The number of Topliss-reactive ketones (excluding diaryl/α,β-unsaturated/α-hetero) is 2. The lowest BCUT2D eigenvalue weighted by Crippen LogP contribution is -2.46. The van der Waals surface area contributed by atoms with Crippen molar-refractivity contribution in [1.29, 1.82) is 0 Å². The number of carbonyl (C=O) groups is 2. The molecular formula is C15H30N2O6S4. The minimum absolute atomic E-state index is 0.124. The molecule has 0 aliphatic rings. The Morgan fingerprint density at radius 1 is 1.11 bits per heavy atom. The van der Waals surface area contributed by atoms with Gasteiger partial charge in [0.1, 0.15) is 18.3 Å². The third-order valence-electron chi connectivity index (χ3n) is 3.75. The molecule has 27 heavy (non-hydrogen) atoms. The molecule has 0 fully saturated rings. The lowest BCUT2D eigenvalue weighted by molar-refractivity contribution is -0.139. The molecule has 6 N–H and O–H groups in total. The quantitative estimate of drug-likeness (QED) is 0.0558. The number of carbonyl (C=O) groups excluding carboxylic acids is 2. The maximum absolute atomic E-state index is 12.1. The molecule has 0 aromatic carbocycles. The maximum atomic E-state index is 12.1. The van der Waals surface area contributed by atoms with E-state index in [0.717, 1.165) is 12.8 Å². The van der Waals surface area contributed by atoms with Crippen LogP contribution in [0, 0.1) is 0 Å². The normalized spacial score (nSPS) is 15.9. The summed E-state index contributed by atoms with van der Waals surface area (Å²) in [6.45, 7) is -0.401. The second kappa shape index (κ2) is 17.4. The van der Waals surface area contributed by atoms with Crippen LogP contribution in [0.5, 0.6) is 0 Å². The van der Waals surface area contributed by atoms with Gasteiger partial charge in [0.2, 0.25) is 0 Å². The highest BCUT2D eigenvalue weighted by Gasteiger charge is 2.29. The Morgan fingerprint density at radius 2 is 1.81 bits per heavy atom. The first kappa shape index (κ1) is 27.5. The van der Waals surface area contributed by atoms with E-state index in [1.165, 1.54) is 22.6 Å². The predicted molar refractivity (Wildman–Crippen MR) is 117 cm³/mol. The third-order valence-corrected chi connectivity index (χ3v) is 5.65. The van der Waals surface area contributed by atoms with Crippen LogP contribution < -0.4 is 10.6 Å². The Labute approximate surface area is 178 Å². The molecule has 0 radical (unpaired) electrons. The number of aliphatic hydroxyl groups excluding tert-OH is 4. The summed E-state index contributed by atoms with van der Waals surface area (Å²) in [5, 5.41) is 43.6. The largest absolute Gasteiger partial charge is 0.394 e. The molecule has 160 valence electrons. The summed E-state index contributed by atoms with van der Waals surface area (Å²) in [5.41, 5.74) is 0. The second-order valence-corrected chi connectivity index (χ2v) is 8.85. The average Bonchev–Trinajstić information content (AvgIpc) is 2.68. The van der Waals surface area contributed by atoms with Crippen LogP contribution in [-0.4, -0.2) is 92.8 Å². The molecule has 0 heterocycles. The van der Waals surface area contributed by atoms with Crippen molar-refractivity contribution in [2.24, 2.45) is 0 Å². The highest BCUT2D eigenvalue weighted by molar-refractivity contribution is 8.68. The second-order valence-electron chi connectivity index (χ2n) is 5.80. The number of aliphatic hydroxyl groups is 4. The van der Waals surface area contributed by atoms with Crippen LogP contribution in [0.4, 0.5) is 0 Å². The van der Waals surface area contributed by atoms with Gasteiger partial charge in [0.05, 0.1) is 30.8 Å². The fourth-order valence-electron chi connectivity index (χ4n) is 2.19. The van der Waals surface area contributed by atoms with E-state index in [-0.39, 0.29) is 18.4 Å². The molecule has 0 saturated heterocycles. The molecule has 0 aromatic rings. The first-order valence-corrected chi connectivity index (χ1v) is 12.3. The molecule has 0 aliphatic carbocycles. The van der Waals surface area contributed by atoms with Gasteiger partial charge in [-0.25, -0.2) is 0 Å². The summed E-state index contributed by atoms with van der Waals surface area (Å²) in [6, 6.07) is -0.240. The van der Waals surface area contributed by atoms with Gasteiger partial charge in [-0.3, -0.25) is 14.9 Å². The Kier molecular flexibility index (Phi) is 17.7. The van der Waals surface area contributed by atoms with E-state index in [0.29, 0.717) is 29.7 Å². The lowest BCUT2D eigenvalue weighted by atomic mass is 10.0. The van der Waals surface area contributed by atoms with Gasteiger partial charge in [0.25, 0.3) is 0 Å². The fourth-order valence-corrected chi connectivity index (χ4v) is 3.45. The van der Waals surface area contributed by atoms with Crippen molar-refractivity contribution in [2.75, 3.05) is 36.4 Å². The van der Waals surface area contributed by atoms with Crippen LogP contribution in [0.15, 0.2) is 0 Å². The number of ketones is 2. The van der Waals surface area contributed by atoms with Gasteiger partial charge in [-0.15, -0.1) is 23.4 Å². The van der Waals surface area contributed by atoms with Crippen molar-refractivity contribution in [2.45, 2.75) is 43.6 Å². The van der Waals surface area contributed by atoms with Crippen molar-refractivity contribution in [3.05, 3.63) is 0 Å². The van der Waals surface area contributed by atoms with Crippen LogP contribution in [0.1, 0.15) is 19.3 Å². The fraction of sp³-hybridized carbons (Fsp3) is 0.867. The van der Waals surface area contributed by atoms with Gasteiger partial charge in [-0.2, -0.15) is 12.6 Å². The summed E-state index contributed by atoms with van der Waals surface area (Å²) in [6.07, 6.45) is -2.88. The van der Waals surface area contributed by atoms with Gasteiger partial charge in [-0.05, 0) is 19.4 Å². The Hall–Kier alpha value is 0.500. The van der Waals surface area contributed by atoms with Gasteiger partial charge >= 0.3 is 0 Å². The summed E-state index contributed by atoms with van der Waals surface area (Å²) in [5.74, 6) is 0.432. The highest BCUT2D eigenvalue weighted by atomic mass is 33.1. The van der Waals surface area contributed by atoms with Crippen LogP contribution >= 0.6 is 46.8 Å². The number of hydrogen-bond acceptors (Lipinski definition) is 12. The Balaban J connectivity index is 4.06. The smallest absolute Gasteiger partial charge is 0.177 e. The van der Waals surface area contributed by atoms with E-state index >= 15 is 0 Å². The van der Waals surface area contributed by atoms with E-state index in [1.54, 1.807) is 0 Å². The molecule has 12 heteroatoms. The summed E-state index contributed by atoms with van der Waals surface area (Å²) in [7, 11) is 1.31. The van der Waals surface area contributed by atoms with E-state index in [2.05, 4.69) is 34.9 Å². The van der Waals surface area contributed by atoms with Crippen LogP contribution in [-0.2, 0) is 9.59 Å². The molecule has 4 unspecified atom stereocenters. The van der Waals surface area contributed by atoms with Crippen LogP contribution in [0.25, 0.3) is 0 Å². The SMILES string of the molecule is O=C(CSCS)C(CCCCNCC(=O)C(O)C(O)C(O)CO)NCSS. The summed E-state index contributed by atoms with van der Waals surface area (Å²) in [4.78, 5) is 23.9. The number of thiol groups is 2. The molecule has 4 atom stereocenters. The van der Waals surface area contributed by atoms with Crippen molar-refractivity contribution in [3.63, 3.8) is 0 Å². The number of thioether (sulfide) groups is 1.